The molecule has 1 aliphatic rings. The van der Waals surface area contributed by atoms with Crippen molar-refractivity contribution in [1.29, 1.82) is 0 Å². The molecule has 0 spiro atoms. The van der Waals surface area contributed by atoms with Crippen molar-refractivity contribution in [2.75, 3.05) is 12.5 Å². The highest BCUT2D eigenvalue weighted by atomic mass is 35.5. The second kappa shape index (κ2) is 6.60. The Labute approximate surface area is 143 Å². The standard InChI is InChI=1S/C16H17ClN4O3/c1-8-6-11-12(7-10(8)16(23)24-2)18-13(17)14(19-11)20-21-15(22)9-4-3-5-9/h6-7,9H,3-5H2,1-2H3,(H,19,20)(H,21,22). The number of carbonyl (C=O) groups excluding carboxylic acids is 2. The Morgan fingerprint density at radius 3 is 2.58 bits per heavy atom. The summed E-state index contributed by atoms with van der Waals surface area (Å²) < 4.78 is 4.74. The number of halogens is 1. The number of rotatable bonds is 4. The quantitative estimate of drug-likeness (QED) is 0.651. The highest BCUT2D eigenvalue weighted by Crippen LogP contribution is 2.27. The second-order valence-electron chi connectivity index (χ2n) is 5.75. The van der Waals surface area contributed by atoms with Crippen LogP contribution in [0.5, 0.6) is 0 Å². The summed E-state index contributed by atoms with van der Waals surface area (Å²) in [6.07, 6.45) is 2.89. The summed E-state index contributed by atoms with van der Waals surface area (Å²) in [6.45, 7) is 1.79. The van der Waals surface area contributed by atoms with Gasteiger partial charge in [-0.05, 0) is 37.5 Å². The zero-order valence-electron chi connectivity index (χ0n) is 13.4. The van der Waals surface area contributed by atoms with Crippen molar-refractivity contribution < 1.29 is 14.3 Å². The number of esters is 1. The summed E-state index contributed by atoms with van der Waals surface area (Å²) >= 11 is 6.12. The smallest absolute Gasteiger partial charge is 0.338 e. The fourth-order valence-electron chi connectivity index (χ4n) is 2.49. The number of hydrazine groups is 1. The molecule has 24 heavy (non-hydrogen) atoms. The molecular weight excluding hydrogens is 332 g/mol. The number of carbonyl (C=O) groups is 2. The van der Waals surface area contributed by atoms with E-state index in [1.807, 2.05) is 0 Å². The number of nitrogens with zero attached hydrogens (tertiary/aromatic N) is 2. The number of nitrogens with one attached hydrogen (secondary N) is 2. The molecule has 1 fully saturated rings. The van der Waals surface area contributed by atoms with Gasteiger partial charge >= 0.3 is 5.97 Å². The van der Waals surface area contributed by atoms with Crippen molar-refractivity contribution in [2.24, 2.45) is 5.92 Å². The molecule has 7 nitrogen and oxygen atoms in total. The molecule has 1 heterocycles. The van der Waals surface area contributed by atoms with Gasteiger partial charge in [0.05, 0.1) is 23.7 Å². The van der Waals surface area contributed by atoms with E-state index in [1.165, 1.54) is 7.11 Å². The van der Waals surface area contributed by atoms with E-state index in [9.17, 15) is 9.59 Å². The summed E-state index contributed by atoms with van der Waals surface area (Å²) in [6, 6.07) is 3.32. The van der Waals surface area contributed by atoms with Crippen molar-refractivity contribution in [3.63, 3.8) is 0 Å². The van der Waals surface area contributed by atoms with Gasteiger partial charge in [0, 0.05) is 5.92 Å². The first-order chi connectivity index (χ1) is 11.5. The molecule has 2 aromatic rings. The minimum atomic E-state index is -0.442. The van der Waals surface area contributed by atoms with Gasteiger partial charge in [-0.25, -0.2) is 14.8 Å². The van der Waals surface area contributed by atoms with Gasteiger partial charge in [0.2, 0.25) is 5.91 Å². The van der Waals surface area contributed by atoms with E-state index < -0.39 is 5.97 Å². The van der Waals surface area contributed by atoms with E-state index in [0.29, 0.717) is 16.6 Å². The molecule has 2 N–H and O–H groups in total. The fourth-order valence-corrected chi connectivity index (χ4v) is 2.67. The molecule has 0 radical (unpaired) electrons. The number of amides is 1. The number of benzene rings is 1. The predicted octanol–water partition coefficient (Wildman–Crippen LogP) is 2.62. The molecule has 0 bridgehead atoms. The Bertz CT molecular complexity index is 821. The van der Waals surface area contributed by atoms with Gasteiger partial charge < -0.3 is 4.74 Å². The molecule has 0 unspecified atom stereocenters. The average Bonchev–Trinajstić information content (AvgIpc) is 2.50. The van der Waals surface area contributed by atoms with Crippen molar-refractivity contribution in [2.45, 2.75) is 26.2 Å². The van der Waals surface area contributed by atoms with Gasteiger partial charge in [0.15, 0.2) is 11.0 Å². The zero-order chi connectivity index (χ0) is 17.3. The zero-order valence-corrected chi connectivity index (χ0v) is 14.1. The predicted molar refractivity (Wildman–Crippen MR) is 89.7 cm³/mol. The number of hydrogen-bond donors (Lipinski definition) is 2. The van der Waals surface area contributed by atoms with Crippen molar-refractivity contribution in [1.82, 2.24) is 15.4 Å². The van der Waals surface area contributed by atoms with Gasteiger partial charge in [-0.3, -0.25) is 15.6 Å². The van der Waals surface area contributed by atoms with E-state index in [1.54, 1.807) is 19.1 Å². The summed E-state index contributed by atoms with van der Waals surface area (Å²) in [5.74, 6) is -0.199. The van der Waals surface area contributed by atoms with Crippen LogP contribution >= 0.6 is 11.6 Å². The fraction of sp³-hybridized carbons (Fsp3) is 0.375. The lowest BCUT2D eigenvalue weighted by molar-refractivity contribution is -0.126. The minimum Gasteiger partial charge on any atom is -0.465 e. The number of methoxy groups -OCH3 is 1. The summed E-state index contributed by atoms with van der Waals surface area (Å²) in [5, 5.41) is 0.107. The maximum atomic E-state index is 11.9. The SMILES string of the molecule is COC(=O)c1cc2nc(Cl)c(NNC(=O)C3CCC3)nc2cc1C. The first-order valence-corrected chi connectivity index (χ1v) is 7.99. The third-order valence-electron chi connectivity index (χ3n) is 4.15. The first-order valence-electron chi connectivity index (χ1n) is 7.61. The number of ether oxygens (including phenoxy) is 1. The van der Waals surface area contributed by atoms with Crippen LogP contribution in [0.1, 0.15) is 35.2 Å². The average molecular weight is 349 g/mol. The third kappa shape index (κ3) is 3.12. The maximum absolute atomic E-state index is 11.9. The lowest BCUT2D eigenvalue weighted by Crippen LogP contribution is -2.38. The first kappa shape index (κ1) is 16.4. The number of anilines is 1. The van der Waals surface area contributed by atoms with Crippen LogP contribution in [-0.4, -0.2) is 29.0 Å². The van der Waals surface area contributed by atoms with E-state index in [2.05, 4.69) is 20.8 Å². The van der Waals surface area contributed by atoms with Crippen LogP contribution < -0.4 is 10.9 Å². The maximum Gasteiger partial charge on any atom is 0.338 e. The van der Waals surface area contributed by atoms with Crippen LogP contribution in [0.2, 0.25) is 5.15 Å². The minimum absolute atomic E-state index is 0.0505. The molecule has 1 aromatic carbocycles. The van der Waals surface area contributed by atoms with E-state index in [4.69, 9.17) is 16.3 Å². The third-order valence-corrected chi connectivity index (χ3v) is 4.42. The summed E-state index contributed by atoms with van der Waals surface area (Å²) in [4.78, 5) is 32.2. The molecule has 1 aliphatic carbocycles. The highest BCUT2D eigenvalue weighted by Gasteiger charge is 2.25. The van der Waals surface area contributed by atoms with Crippen LogP contribution in [0.4, 0.5) is 5.82 Å². The van der Waals surface area contributed by atoms with Gasteiger partial charge in [0.25, 0.3) is 0 Å². The number of aromatic nitrogens is 2. The Kier molecular flexibility index (Phi) is 4.53. The van der Waals surface area contributed by atoms with Crippen molar-refractivity contribution in [3.8, 4) is 0 Å². The van der Waals surface area contributed by atoms with Crippen molar-refractivity contribution >= 4 is 40.3 Å². The molecule has 126 valence electrons. The van der Waals surface area contributed by atoms with Crippen LogP contribution in [0, 0.1) is 12.8 Å². The lowest BCUT2D eigenvalue weighted by atomic mass is 9.85. The molecular formula is C16H17ClN4O3. The number of fused-ring (bicyclic) bond motifs is 1. The Balaban J connectivity index is 1.86. The van der Waals surface area contributed by atoms with Crippen LogP contribution in [-0.2, 0) is 9.53 Å². The largest absolute Gasteiger partial charge is 0.465 e. The molecule has 8 heteroatoms. The monoisotopic (exact) mass is 348 g/mol. The lowest BCUT2D eigenvalue weighted by Gasteiger charge is -2.24. The summed E-state index contributed by atoms with van der Waals surface area (Å²) in [5.41, 5.74) is 7.50. The van der Waals surface area contributed by atoms with Crippen LogP contribution in [0.3, 0.4) is 0 Å². The van der Waals surface area contributed by atoms with Gasteiger partial charge in [-0.1, -0.05) is 18.0 Å². The van der Waals surface area contributed by atoms with Crippen molar-refractivity contribution in [3.05, 3.63) is 28.4 Å². The number of hydrogen-bond acceptors (Lipinski definition) is 6. The van der Waals surface area contributed by atoms with Gasteiger partial charge in [-0.2, -0.15) is 0 Å². The van der Waals surface area contributed by atoms with Crippen LogP contribution in [0.25, 0.3) is 11.0 Å². The molecule has 0 saturated heterocycles. The van der Waals surface area contributed by atoms with E-state index in [-0.39, 0.29) is 22.8 Å². The molecule has 0 aliphatic heterocycles. The highest BCUT2D eigenvalue weighted by molar-refractivity contribution is 6.32. The Morgan fingerprint density at radius 1 is 1.25 bits per heavy atom. The van der Waals surface area contributed by atoms with Crippen LogP contribution in [0.15, 0.2) is 12.1 Å². The number of aryl methyl sites for hydroxylation is 1. The van der Waals surface area contributed by atoms with E-state index >= 15 is 0 Å². The molecule has 0 atom stereocenters. The van der Waals surface area contributed by atoms with Gasteiger partial charge in [-0.15, -0.1) is 0 Å². The normalized spacial score (nSPS) is 14.1. The summed E-state index contributed by atoms with van der Waals surface area (Å²) in [7, 11) is 1.32. The van der Waals surface area contributed by atoms with E-state index in [0.717, 1.165) is 24.8 Å². The second-order valence-corrected chi connectivity index (χ2v) is 6.11. The Morgan fingerprint density at radius 2 is 1.96 bits per heavy atom. The molecule has 1 aromatic heterocycles. The Hall–Kier alpha value is -2.41. The molecule has 3 rings (SSSR count). The topological polar surface area (TPSA) is 93.2 Å². The molecule has 1 amide bonds. The van der Waals surface area contributed by atoms with Gasteiger partial charge in [0.1, 0.15) is 0 Å². The molecule has 1 saturated carbocycles.